The van der Waals surface area contributed by atoms with Gasteiger partial charge in [0.05, 0.1) is 51.1 Å². The summed E-state index contributed by atoms with van der Waals surface area (Å²) in [7, 11) is 1.27. The molecule has 0 spiro atoms. The molecule has 10 nitrogen and oxygen atoms in total. The third kappa shape index (κ3) is 7.16. The summed E-state index contributed by atoms with van der Waals surface area (Å²) in [6.45, 7) is 9.38. The monoisotopic (exact) mass is 748 g/mol. The maximum atomic E-state index is 14.0. The molecule has 0 radical (unpaired) electrons. The molecular formula is C31H30Br2N2O8S. The molecule has 232 valence electrons. The van der Waals surface area contributed by atoms with Gasteiger partial charge in [0.15, 0.2) is 22.9 Å². The van der Waals surface area contributed by atoms with Gasteiger partial charge in [0.25, 0.3) is 5.56 Å². The van der Waals surface area contributed by atoms with Gasteiger partial charge in [0.2, 0.25) is 0 Å². The maximum absolute atomic E-state index is 14.0. The molecule has 0 saturated heterocycles. The summed E-state index contributed by atoms with van der Waals surface area (Å²) < 4.78 is 30.5. The van der Waals surface area contributed by atoms with Crippen LogP contribution in [0.25, 0.3) is 6.08 Å². The number of allylic oxidation sites excluding steroid dienone is 1. The molecular weight excluding hydrogens is 720 g/mol. The Hall–Kier alpha value is -3.68. The number of nitrogens with zero attached hydrogens (tertiary/aromatic N) is 2. The van der Waals surface area contributed by atoms with Crippen molar-refractivity contribution in [2.75, 3.05) is 33.5 Å². The van der Waals surface area contributed by atoms with Crippen molar-refractivity contribution < 1.29 is 33.3 Å². The minimum Gasteiger partial charge on any atom is -0.490 e. The first-order valence-electron chi connectivity index (χ1n) is 13.5. The quantitative estimate of drug-likeness (QED) is 0.191. The summed E-state index contributed by atoms with van der Waals surface area (Å²) in [5.41, 5.74) is 1.63. The predicted molar refractivity (Wildman–Crippen MR) is 173 cm³/mol. The number of methoxy groups -OCH3 is 1. The highest BCUT2D eigenvalue weighted by Gasteiger charge is 2.34. The molecule has 0 unspecified atom stereocenters. The van der Waals surface area contributed by atoms with E-state index >= 15 is 0 Å². The standard InChI is InChI=1S/C31H30Br2N2O8S/c1-6-11-42-28-20(32)12-18(13-21(28)33)14-24-29(37)35-27(26(30(38)41-8-3)17(4)34-31(35)44-24)19-9-10-22(23(15-19)40-7-2)43-16-25(36)39-5/h6,9-10,12-15,27H,1,7-8,11,16H2,2-5H3/b24-14+/t27-/m1/s1. The smallest absolute Gasteiger partial charge is 0.343 e. The van der Waals surface area contributed by atoms with E-state index in [1.807, 2.05) is 19.1 Å². The van der Waals surface area contributed by atoms with E-state index in [-0.39, 0.29) is 24.3 Å². The molecule has 0 aliphatic carbocycles. The molecule has 2 aromatic carbocycles. The number of benzene rings is 2. The average Bonchev–Trinajstić information content (AvgIpc) is 3.29. The molecule has 1 aliphatic rings. The van der Waals surface area contributed by atoms with E-state index in [0.29, 0.717) is 60.0 Å². The first kappa shape index (κ1) is 33.2. The molecule has 44 heavy (non-hydrogen) atoms. The van der Waals surface area contributed by atoms with Gasteiger partial charge in [0, 0.05) is 0 Å². The second-order valence-corrected chi connectivity index (χ2v) is 11.9. The Morgan fingerprint density at radius 2 is 1.80 bits per heavy atom. The predicted octanol–water partition coefficient (Wildman–Crippen LogP) is 4.84. The van der Waals surface area contributed by atoms with Crippen LogP contribution in [-0.4, -0.2) is 50.0 Å². The highest BCUT2D eigenvalue weighted by atomic mass is 79.9. The number of aromatic nitrogens is 1. The van der Waals surface area contributed by atoms with Gasteiger partial charge in [0.1, 0.15) is 12.4 Å². The van der Waals surface area contributed by atoms with Crippen LogP contribution in [0.1, 0.15) is 37.9 Å². The fourth-order valence-electron chi connectivity index (χ4n) is 4.48. The van der Waals surface area contributed by atoms with E-state index in [4.69, 9.17) is 18.9 Å². The molecule has 0 fully saturated rings. The number of halogens is 2. The number of carbonyl (C=O) groups excluding carboxylic acids is 2. The average molecular weight is 750 g/mol. The second kappa shape index (κ2) is 14.9. The summed E-state index contributed by atoms with van der Waals surface area (Å²) in [5, 5.41) is 0. The Morgan fingerprint density at radius 3 is 2.43 bits per heavy atom. The number of esters is 2. The minimum atomic E-state index is -0.866. The lowest BCUT2D eigenvalue weighted by atomic mass is 9.95. The van der Waals surface area contributed by atoms with Crippen molar-refractivity contribution in [3.63, 3.8) is 0 Å². The minimum absolute atomic E-state index is 0.146. The molecule has 2 heterocycles. The molecule has 0 saturated carbocycles. The van der Waals surface area contributed by atoms with Crippen molar-refractivity contribution in [2.24, 2.45) is 4.99 Å². The fourth-order valence-corrected chi connectivity index (χ4v) is 6.98. The summed E-state index contributed by atoms with van der Waals surface area (Å²) in [5.74, 6) is 0.123. The summed E-state index contributed by atoms with van der Waals surface area (Å²) >= 11 is 8.28. The zero-order valence-electron chi connectivity index (χ0n) is 24.5. The highest BCUT2D eigenvalue weighted by molar-refractivity contribution is 9.11. The number of rotatable bonds is 12. The van der Waals surface area contributed by atoms with Crippen molar-refractivity contribution >= 4 is 61.2 Å². The maximum Gasteiger partial charge on any atom is 0.343 e. The van der Waals surface area contributed by atoms with Gasteiger partial charge < -0.3 is 23.7 Å². The van der Waals surface area contributed by atoms with Gasteiger partial charge in [-0.25, -0.2) is 14.6 Å². The van der Waals surface area contributed by atoms with Crippen LogP contribution in [0.2, 0.25) is 0 Å². The van der Waals surface area contributed by atoms with Gasteiger partial charge in [-0.3, -0.25) is 9.36 Å². The fraction of sp³-hybridized carbons (Fsp3) is 0.290. The van der Waals surface area contributed by atoms with Crippen LogP contribution in [0.5, 0.6) is 17.2 Å². The lowest BCUT2D eigenvalue weighted by Crippen LogP contribution is -2.40. The number of thiazole rings is 1. The zero-order valence-corrected chi connectivity index (χ0v) is 28.5. The molecule has 0 bridgehead atoms. The van der Waals surface area contributed by atoms with Gasteiger partial charge >= 0.3 is 11.9 Å². The number of hydrogen-bond donors (Lipinski definition) is 0. The summed E-state index contributed by atoms with van der Waals surface area (Å²) in [6, 6.07) is 7.85. The molecule has 1 atom stereocenters. The largest absolute Gasteiger partial charge is 0.490 e. The van der Waals surface area contributed by atoms with Gasteiger partial charge in [-0.15, -0.1) is 0 Å². The molecule has 0 amide bonds. The highest BCUT2D eigenvalue weighted by Crippen LogP contribution is 2.37. The lowest BCUT2D eigenvalue weighted by Gasteiger charge is -2.25. The number of fused-ring (bicyclic) bond motifs is 1. The number of ether oxygens (including phenoxy) is 5. The van der Waals surface area contributed by atoms with E-state index in [2.05, 4.69) is 48.2 Å². The van der Waals surface area contributed by atoms with E-state index in [0.717, 1.165) is 5.56 Å². The van der Waals surface area contributed by atoms with Crippen LogP contribution in [0.3, 0.4) is 0 Å². The van der Waals surface area contributed by atoms with Gasteiger partial charge in [-0.05, 0) is 94.1 Å². The van der Waals surface area contributed by atoms with Gasteiger partial charge in [-0.2, -0.15) is 0 Å². The number of hydrogen-bond acceptors (Lipinski definition) is 10. The van der Waals surface area contributed by atoms with E-state index < -0.39 is 18.0 Å². The topological polar surface area (TPSA) is 115 Å². The van der Waals surface area contributed by atoms with Crippen LogP contribution in [0, 0.1) is 0 Å². The van der Waals surface area contributed by atoms with Crippen molar-refractivity contribution in [3.05, 3.63) is 94.0 Å². The Labute approximate surface area is 274 Å². The van der Waals surface area contributed by atoms with E-state index in [9.17, 15) is 14.4 Å². The third-order valence-electron chi connectivity index (χ3n) is 6.34. The first-order chi connectivity index (χ1) is 21.1. The summed E-state index contributed by atoms with van der Waals surface area (Å²) in [4.78, 5) is 44.1. The van der Waals surface area contributed by atoms with Crippen LogP contribution in [0.4, 0.5) is 0 Å². The first-order valence-corrected chi connectivity index (χ1v) is 15.9. The molecule has 0 N–H and O–H groups in total. The van der Waals surface area contributed by atoms with Crippen LogP contribution >= 0.6 is 43.2 Å². The van der Waals surface area contributed by atoms with E-state index in [1.165, 1.54) is 23.0 Å². The van der Waals surface area contributed by atoms with Crippen molar-refractivity contribution in [2.45, 2.75) is 26.8 Å². The SMILES string of the molecule is C=CCOc1c(Br)cc(/C=c2/sc3n(c2=O)[C@H](c2ccc(OCC(=O)OC)c(OCC)c2)C(C(=O)OCC)=C(C)N=3)cc1Br. The van der Waals surface area contributed by atoms with Crippen molar-refractivity contribution in [3.8, 4) is 17.2 Å². The molecule has 3 aromatic rings. The van der Waals surface area contributed by atoms with Crippen LogP contribution < -0.4 is 29.1 Å². The second-order valence-electron chi connectivity index (χ2n) is 9.22. The Balaban J connectivity index is 1.88. The Morgan fingerprint density at radius 1 is 1.07 bits per heavy atom. The third-order valence-corrected chi connectivity index (χ3v) is 8.50. The summed E-state index contributed by atoms with van der Waals surface area (Å²) in [6.07, 6.45) is 3.41. The van der Waals surface area contributed by atoms with Crippen molar-refractivity contribution in [1.29, 1.82) is 0 Å². The lowest BCUT2D eigenvalue weighted by molar-refractivity contribution is -0.143. The molecule has 1 aliphatic heterocycles. The van der Waals surface area contributed by atoms with E-state index in [1.54, 1.807) is 44.2 Å². The molecule has 13 heteroatoms. The van der Waals surface area contributed by atoms with Crippen LogP contribution in [-0.2, 0) is 19.1 Å². The zero-order chi connectivity index (χ0) is 32.0. The van der Waals surface area contributed by atoms with Gasteiger partial charge in [-0.1, -0.05) is 30.1 Å². The number of carbonyl (C=O) groups is 2. The molecule has 4 rings (SSSR count). The Kier molecular flexibility index (Phi) is 11.2. The van der Waals surface area contributed by atoms with Crippen LogP contribution in [0.15, 0.2) is 73.0 Å². The Bertz CT molecular complexity index is 1790. The van der Waals surface area contributed by atoms with Crippen molar-refractivity contribution in [1.82, 2.24) is 4.57 Å². The normalized spacial score (nSPS) is 14.4. The molecule has 1 aromatic heterocycles.